The van der Waals surface area contributed by atoms with E-state index in [-0.39, 0.29) is 5.56 Å². The summed E-state index contributed by atoms with van der Waals surface area (Å²) in [6.07, 6.45) is 0. The molecule has 0 aliphatic carbocycles. The average Bonchev–Trinajstić information content (AvgIpc) is 2.28. The Morgan fingerprint density at radius 1 is 1.00 bits per heavy atom. The fourth-order valence-corrected chi connectivity index (χ4v) is 2.91. The SMILES string of the molecule is Cc1ccc(S(=O)(=O)N=[N+]=[N-])cc1S(=O)(=O)N=[N+]=[N-]. The number of benzene rings is 1. The number of azide groups is 2. The molecule has 0 heterocycles. The van der Waals surface area contributed by atoms with Crippen molar-refractivity contribution in [2.75, 3.05) is 0 Å². The van der Waals surface area contributed by atoms with Crippen molar-refractivity contribution in [1.29, 1.82) is 0 Å². The number of hydrogen-bond donors (Lipinski definition) is 0. The van der Waals surface area contributed by atoms with Crippen LogP contribution >= 0.6 is 0 Å². The molecular formula is C7H6N6O4S2. The van der Waals surface area contributed by atoms with Crippen LogP contribution in [0.5, 0.6) is 0 Å². The first-order valence-corrected chi connectivity index (χ1v) is 7.36. The molecule has 19 heavy (non-hydrogen) atoms. The van der Waals surface area contributed by atoms with Crippen LogP contribution in [0.4, 0.5) is 0 Å². The smallest absolute Gasteiger partial charge is 0.216 e. The maximum atomic E-state index is 11.6. The van der Waals surface area contributed by atoms with E-state index in [1.54, 1.807) is 0 Å². The standard InChI is InChI=1S/C7H6N6O4S2/c1-5-2-3-6(18(14,15)12-10-8)4-7(5)19(16,17)13-11-9/h2-4H,1H3. The Balaban J connectivity index is 3.64. The van der Waals surface area contributed by atoms with Crippen molar-refractivity contribution in [3.05, 3.63) is 44.6 Å². The molecule has 0 bridgehead atoms. The van der Waals surface area contributed by atoms with Gasteiger partial charge in [0.25, 0.3) is 20.0 Å². The summed E-state index contributed by atoms with van der Waals surface area (Å²) in [6.45, 7) is 1.39. The van der Waals surface area contributed by atoms with Crippen LogP contribution in [0.2, 0.25) is 0 Å². The van der Waals surface area contributed by atoms with E-state index in [1.165, 1.54) is 13.0 Å². The van der Waals surface area contributed by atoms with Crippen LogP contribution in [0, 0.1) is 6.92 Å². The van der Waals surface area contributed by atoms with Crippen LogP contribution in [0.3, 0.4) is 0 Å². The summed E-state index contributed by atoms with van der Waals surface area (Å²) in [7, 11) is -8.65. The van der Waals surface area contributed by atoms with E-state index in [1.807, 2.05) is 0 Å². The van der Waals surface area contributed by atoms with Crippen LogP contribution in [0.1, 0.15) is 5.56 Å². The molecule has 1 aromatic rings. The van der Waals surface area contributed by atoms with Gasteiger partial charge in [-0.25, -0.2) is 16.8 Å². The zero-order chi connectivity index (χ0) is 14.7. The van der Waals surface area contributed by atoms with Crippen LogP contribution in [0.25, 0.3) is 20.9 Å². The lowest BCUT2D eigenvalue weighted by Crippen LogP contribution is -2.02. The van der Waals surface area contributed by atoms with E-state index < -0.39 is 29.8 Å². The van der Waals surface area contributed by atoms with Crippen molar-refractivity contribution < 1.29 is 16.8 Å². The minimum Gasteiger partial charge on any atom is -0.216 e. The maximum Gasteiger partial charge on any atom is 0.264 e. The van der Waals surface area contributed by atoms with Gasteiger partial charge in [0.05, 0.1) is 9.79 Å². The van der Waals surface area contributed by atoms with E-state index in [9.17, 15) is 16.8 Å². The topological polar surface area (TPSA) is 166 Å². The van der Waals surface area contributed by atoms with Crippen molar-refractivity contribution in [2.45, 2.75) is 16.7 Å². The van der Waals surface area contributed by atoms with Gasteiger partial charge < -0.3 is 0 Å². The Morgan fingerprint density at radius 3 is 2.05 bits per heavy atom. The molecule has 0 saturated carbocycles. The molecule has 0 fully saturated rings. The number of aryl methyl sites for hydroxylation is 1. The summed E-state index contributed by atoms with van der Waals surface area (Å²) in [6, 6.07) is 3.04. The second kappa shape index (κ2) is 5.16. The average molecular weight is 302 g/mol. The van der Waals surface area contributed by atoms with Crippen molar-refractivity contribution >= 4 is 20.0 Å². The summed E-state index contributed by atoms with van der Waals surface area (Å²) in [4.78, 5) is 3.31. The van der Waals surface area contributed by atoms with Gasteiger partial charge in [-0.3, -0.25) is 0 Å². The molecule has 0 spiro atoms. The first-order valence-electron chi connectivity index (χ1n) is 4.48. The van der Waals surface area contributed by atoms with Gasteiger partial charge in [-0.05, 0) is 35.7 Å². The first-order chi connectivity index (χ1) is 8.74. The lowest BCUT2D eigenvalue weighted by Gasteiger charge is -2.05. The molecule has 0 aliphatic rings. The van der Waals surface area contributed by atoms with Gasteiger partial charge in [-0.2, -0.15) is 0 Å². The molecule has 100 valence electrons. The predicted octanol–water partition coefficient (Wildman–Crippen LogP) is 1.99. The third-order valence-corrected chi connectivity index (χ3v) is 4.44. The third kappa shape index (κ3) is 3.14. The van der Waals surface area contributed by atoms with Crippen molar-refractivity contribution in [3.8, 4) is 0 Å². The van der Waals surface area contributed by atoms with Crippen LogP contribution in [-0.2, 0) is 20.0 Å². The highest BCUT2D eigenvalue weighted by Gasteiger charge is 2.20. The highest BCUT2D eigenvalue weighted by Crippen LogP contribution is 2.23. The first kappa shape index (κ1) is 14.8. The summed E-state index contributed by atoms with van der Waals surface area (Å²) in [5, 5.41) is 0. The largest absolute Gasteiger partial charge is 0.264 e. The molecule has 0 radical (unpaired) electrons. The normalized spacial score (nSPS) is 11.2. The van der Waals surface area contributed by atoms with Gasteiger partial charge >= 0.3 is 0 Å². The molecule has 0 amide bonds. The van der Waals surface area contributed by atoms with Crippen molar-refractivity contribution in [3.63, 3.8) is 0 Å². The second-order valence-electron chi connectivity index (χ2n) is 3.22. The lowest BCUT2D eigenvalue weighted by atomic mass is 10.2. The fourth-order valence-electron chi connectivity index (χ4n) is 1.21. The molecule has 0 aliphatic heterocycles. The number of rotatable bonds is 4. The molecule has 0 atom stereocenters. The van der Waals surface area contributed by atoms with Crippen LogP contribution in [0.15, 0.2) is 37.0 Å². The fraction of sp³-hybridized carbons (Fsp3) is 0.143. The molecule has 12 heteroatoms. The Bertz CT molecular complexity index is 815. The minimum absolute atomic E-state index is 0.187. The Hall–Kier alpha value is -2.26. The van der Waals surface area contributed by atoms with Crippen LogP contribution in [-0.4, -0.2) is 16.8 Å². The Kier molecular flexibility index (Phi) is 4.02. The van der Waals surface area contributed by atoms with Crippen molar-refractivity contribution in [1.82, 2.24) is 0 Å². The van der Waals surface area contributed by atoms with Gasteiger partial charge in [-0.15, -0.1) is 0 Å². The quantitative estimate of drug-likeness (QED) is 0.471. The Morgan fingerprint density at radius 2 is 1.53 bits per heavy atom. The molecule has 0 saturated heterocycles. The summed E-state index contributed by atoms with van der Waals surface area (Å²) >= 11 is 0. The number of nitrogens with zero attached hydrogens (tertiary/aromatic N) is 6. The van der Waals surface area contributed by atoms with E-state index in [2.05, 4.69) is 18.9 Å². The Labute approximate surface area is 108 Å². The van der Waals surface area contributed by atoms with Gasteiger partial charge in [0.2, 0.25) is 0 Å². The number of sulfonamides is 2. The van der Waals surface area contributed by atoms with Gasteiger partial charge in [0.1, 0.15) is 0 Å². The third-order valence-electron chi connectivity index (χ3n) is 2.02. The van der Waals surface area contributed by atoms with E-state index >= 15 is 0 Å². The highest BCUT2D eigenvalue weighted by molar-refractivity contribution is 7.90. The molecule has 10 nitrogen and oxygen atoms in total. The van der Waals surface area contributed by atoms with Gasteiger partial charge in [-0.1, -0.05) is 6.07 Å². The zero-order valence-corrected chi connectivity index (χ0v) is 11.0. The van der Waals surface area contributed by atoms with Crippen LogP contribution < -0.4 is 0 Å². The maximum absolute atomic E-state index is 11.6. The monoisotopic (exact) mass is 302 g/mol. The predicted molar refractivity (Wildman–Crippen MR) is 63.8 cm³/mol. The number of hydrogen-bond acceptors (Lipinski definition) is 4. The summed E-state index contributed by atoms with van der Waals surface area (Å²) < 4.78 is 51.3. The summed E-state index contributed by atoms with van der Waals surface area (Å²) in [5.74, 6) is 0. The van der Waals surface area contributed by atoms with Gasteiger partial charge in [0.15, 0.2) is 0 Å². The lowest BCUT2D eigenvalue weighted by molar-refractivity contribution is 0.595. The molecule has 0 aromatic heterocycles. The molecule has 1 aromatic carbocycles. The molecular weight excluding hydrogens is 296 g/mol. The van der Waals surface area contributed by atoms with E-state index in [0.717, 1.165) is 12.1 Å². The zero-order valence-electron chi connectivity index (χ0n) is 9.36. The molecule has 0 unspecified atom stereocenters. The van der Waals surface area contributed by atoms with Crippen molar-refractivity contribution in [2.24, 2.45) is 9.04 Å². The molecule has 1 rings (SSSR count). The highest BCUT2D eigenvalue weighted by atomic mass is 32.2. The molecule has 0 N–H and O–H groups in total. The van der Waals surface area contributed by atoms with E-state index in [4.69, 9.17) is 11.1 Å². The second-order valence-corrected chi connectivity index (χ2v) is 6.36. The van der Waals surface area contributed by atoms with Gasteiger partial charge in [0, 0.05) is 18.9 Å². The minimum atomic E-state index is -4.33. The summed E-state index contributed by atoms with van der Waals surface area (Å²) in [5.41, 5.74) is 16.5. The van der Waals surface area contributed by atoms with E-state index in [0.29, 0.717) is 0 Å².